The molecule has 1 rings (SSSR count). The van der Waals surface area contributed by atoms with E-state index in [1.54, 1.807) is 0 Å². The molecule has 0 spiro atoms. The Labute approximate surface area is 84.2 Å². The van der Waals surface area contributed by atoms with Crippen LogP contribution < -0.4 is 11.1 Å². The van der Waals surface area contributed by atoms with Crippen LogP contribution in [-0.2, 0) is 9.53 Å². The fourth-order valence-electron chi connectivity index (χ4n) is 1.34. The molecule has 0 aromatic carbocycles. The van der Waals surface area contributed by atoms with E-state index in [2.05, 4.69) is 11.2 Å². The number of carbonyl (C=O) groups is 1. The maximum Gasteiger partial charge on any atom is 0.237 e. The molecule has 4 heteroatoms. The summed E-state index contributed by atoms with van der Waals surface area (Å²) in [6, 6.07) is -0.581. The summed E-state index contributed by atoms with van der Waals surface area (Å²) in [4.78, 5) is 11.3. The van der Waals surface area contributed by atoms with Crippen LogP contribution in [0.1, 0.15) is 12.8 Å². The molecule has 3 N–H and O–H groups in total. The second kappa shape index (κ2) is 5.63. The van der Waals surface area contributed by atoms with E-state index >= 15 is 0 Å². The normalized spacial score (nSPS) is 22.7. The zero-order chi connectivity index (χ0) is 10.4. The number of amides is 1. The second-order valence-electron chi connectivity index (χ2n) is 3.49. The lowest BCUT2D eigenvalue weighted by Crippen LogP contribution is -2.42. The van der Waals surface area contributed by atoms with E-state index in [-0.39, 0.29) is 12.3 Å². The molecule has 0 radical (unpaired) electrons. The van der Waals surface area contributed by atoms with Crippen molar-refractivity contribution < 1.29 is 9.53 Å². The number of hydrogen-bond donors (Lipinski definition) is 2. The SMILES string of the molecule is C#CCC(N)C(=O)NCC1CCOC1. The van der Waals surface area contributed by atoms with Gasteiger partial charge in [0.1, 0.15) is 0 Å². The third kappa shape index (κ3) is 3.36. The summed E-state index contributed by atoms with van der Waals surface area (Å²) in [5, 5.41) is 2.77. The standard InChI is InChI=1S/C10H16N2O2/c1-2-3-9(11)10(13)12-6-8-4-5-14-7-8/h1,8-9H,3-7,11H2,(H,12,13). The predicted molar refractivity (Wildman–Crippen MR) is 53.4 cm³/mol. The van der Waals surface area contributed by atoms with Gasteiger partial charge in [0.05, 0.1) is 12.6 Å². The van der Waals surface area contributed by atoms with Crippen LogP contribution >= 0.6 is 0 Å². The molecule has 14 heavy (non-hydrogen) atoms. The van der Waals surface area contributed by atoms with Crippen molar-refractivity contribution in [3.8, 4) is 12.3 Å². The van der Waals surface area contributed by atoms with Crippen molar-refractivity contribution in [3.63, 3.8) is 0 Å². The van der Waals surface area contributed by atoms with Gasteiger partial charge < -0.3 is 15.8 Å². The fourth-order valence-corrected chi connectivity index (χ4v) is 1.34. The molecule has 2 atom stereocenters. The molecule has 1 fully saturated rings. The lowest BCUT2D eigenvalue weighted by molar-refractivity contribution is -0.122. The zero-order valence-electron chi connectivity index (χ0n) is 8.16. The Morgan fingerprint density at radius 3 is 3.14 bits per heavy atom. The van der Waals surface area contributed by atoms with Gasteiger partial charge in [0, 0.05) is 25.5 Å². The van der Waals surface area contributed by atoms with Gasteiger partial charge in [0.15, 0.2) is 0 Å². The topological polar surface area (TPSA) is 64.4 Å². The van der Waals surface area contributed by atoms with Crippen molar-refractivity contribution >= 4 is 5.91 Å². The molecule has 0 bridgehead atoms. The highest BCUT2D eigenvalue weighted by Gasteiger charge is 2.18. The largest absolute Gasteiger partial charge is 0.381 e. The molecule has 1 aliphatic rings. The van der Waals surface area contributed by atoms with Gasteiger partial charge in [-0.25, -0.2) is 0 Å². The first-order valence-electron chi connectivity index (χ1n) is 4.78. The van der Waals surface area contributed by atoms with Gasteiger partial charge in [-0.05, 0) is 6.42 Å². The minimum Gasteiger partial charge on any atom is -0.381 e. The first-order valence-corrected chi connectivity index (χ1v) is 4.78. The van der Waals surface area contributed by atoms with E-state index in [1.165, 1.54) is 0 Å². The Balaban J connectivity index is 2.17. The quantitative estimate of drug-likeness (QED) is 0.595. The summed E-state index contributed by atoms with van der Waals surface area (Å²) >= 11 is 0. The summed E-state index contributed by atoms with van der Waals surface area (Å²) in [7, 11) is 0. The fraction of sp³-hybridized carbons (Fsp3) is 0.700. The highest BCUT2D eigenvalue weighted by Crippen LogP contribution is 2.10. The van der Waals surface area contributed by atoms with Crippen LogP contribution in [0, 0.1) is 18.3 Å². The van der Waals surface area contributed by atoms with Crippen LogP contribution in [0.15, 0.2) is 0 Å². The van der Waals surface area contributed by atoms with E-state index in [9.17, 15) is 4.79 Å². The molecule has 0 aromatic rings. The summed E-state index contributed by atoms with van der Waals surface area (Å²) in [6.07, 6.45) is 6.34. The third-order valence-electron chi connectivity index (χ3n) is 2.26. The third-order valence-corrected chi connectivity index (χ3v) is 2.26. The summed E-state index contributed by atoms with van der Waals surface area (Å²) in [6.45, 7) is 2.15. The molecule has 1 heterocycles. The number of rotatable bonds is 4. The Hall–Kier alpha value is -1.05. The van der Waals surface area contributed by atoms with Gasteiger partial charge >= 0.3 is 0 Å². The van der Waals surface area contributed by atoms with Gasteiger partial charge in [-0.2, -0.15) is 0 Å². The van der Waals surface area contributed by atoms with E-state index in [0.29, 0.717) is 12.5 Å². The number of ether oxygens (including phenoxy) is 1. The number of terminal acetylenes is 1. The molecule has 0 saturated carbocycles. The smallest absolute Gasteiger partial charge is 0.237 e. The molecule has 2 unspecified atom stereocenters. The predicted octanol–water partition coefficient (Wildman–Crippen LogP) is -0.510. The van der Waals surface area contributed by atoms with Crippen LogP contribution in [-0.4, -0.2) is 31.7 Å². The van der Waals surface area contributed by atoms with Crippen molar-refractivity contribution in [3.05, 3.63) is 0 Å². The molecule has 0 aliphatic carbocycles. The summed E-state index contributed by atoms with van der Waals surface area (Å²) < 4.78 is 5.18. The average Bonchev–Trinajstić information content (AvgIpc) is 2.67. The van der Waals surface area contributed by atoms with Crippen LogP contribution in [0.25, 0.3) is 0 Å². The highest BCUT2D eigenvalue weighted by atomic mass is 16.5. The highest BCUT2D eigenvalue weighted by molar-refractivity contribution is 5.81. The second-order valence-corrected chi connectivity index (χ2v) is 3.49. The first-order chi connectivity index (χ1) is 6.74. The summed E-state index contributed by atoms with van der Waals surface area (Å²) in [5.41, 5.74) is 5.53. The van der Waals surface area contributed by atoms with E-state index in [1.807, 2.05) is 0 Å². The van der Waals surface area contributed by atoms with Crippen molar-refractivity contribution in [2.45, 2.75) is 18.9 Å². The van der Waals surface area contributed by atoms with E-state index in [0.717, 1.165) is 19.6 Å². The molecule has 0 aromatic heterocycles. The number of nitrogens with one attached hydrogen (secondary N) is 1. The monoisotopic (exact) mass is 196 g/mol. The number of hydrogen-bond acceptors (Lipinski definition) is 3. The maximum atomic E-state index is 11.3. The minimum absolute atomic E-state index is 0.171. The molecule has 1 aliphatic heterocycles. The van der Waals surface area contributed by atoms with Gasteiger partial charge in [0.2, 0.25) is 5.91 Å². The lowest BCUT2D eigenvalue weighted by Gasteiger charge is -2.12. The van der Waals surface area contributed by atoms with Crippen LogP contribution in [0.5, 0.6) is 0 Å². The Morgan fingerprint density at radius 1 is 1.79 bits per heavy atom. The molecule has 1 saturated heterocycles. The Morgan fingerprint density at radius 2 is 2.57 bits per heavy atom. The first kappa shape index (κ1) is 11.0. The van der Waals surface area contributed by atoms with Crippen molar-refractivity contribution in [2.24, 2.45) is 11.7 Å². The maximum absolute atomic E-state index is 11.3. The molecule has 4 nitrogen and oxygen atoms in total. The van der Waals surface area contributed by atoms with Gasteiger partial charge in [-0.15, -0.1) is 12.3 Å². The lowest BCUT2D eigenvalue weighted by atomic mass is 10.1. The van der Waals surface area contributed by atoms with Crippen LogP contribution in [0.2, 0.25) is 0 Å². The van der Waals surface area contributed by atoms with Crippen molar-refractivity contribution in [2.75, 3.05) is 19.8 Å². The molecular formula is C10H16N2O2. The minimum atomic E-state index is -0.581. The summed E-state index contributed by atoms with van der Waals surface area (Å²) in [5.74, 6) is 2.62. The van der Waals surface area contributed by atoms with Crippen LogP contribution in [0.4, 0.5) is 0 Å². The van der Waals surface area contributed by atoms with Crippen molar-refractivity contribution in [1.29, 1.82) is 0 Å². The average molecular weight is 196 g/mol. The van der Waals surface area contributed by atoms with E-state index in [4.69, 9.17) is 16.9 Å². The Kier molecular flexibility index (Phi) is 4.44. The van der Waals surface area contributed by atoms with E-state index < -0.39 is 6.04 Å². The Bertz CT molecular complexity index is 229. The zero-order valence-corrected chi connectivity index (χ0v) is 8.16. The molecular weight excluding hydrogens is 180 g/mol. The van der Waals surface area contributed by atoms with Gasteiger partial charge in [0.25, 0.3) is 0 Å². The number of nitrogens with two attached hydrogens (primary N) is 1. The number of carbonyl (C=O) groups excluding carboxylic acids is 1. The van der Waals surface area contributed by atoms with Crippen molar-refractivity contribution in [1.82, 2.24) is 5.32 Å². The van der Waals surface area contributed by atoms with Gasteiger partial charge in [-0.3, -0.25) is 4.79 Å². The molecule has 1 amide bonds. The molecule has 78 valence electrons. The van der Waals surface area contributed by atoms with Crippen LogP contribution in [0.3, 0.4) is 0 Å². The van der Waals surface area contributed by atoms with Gasteiger partial charge in [-0.1, -0.05) is 0 Å².